The number of benzene rings is 1. The molecule has 1 saturated heterocycles. The molecule has 1 aliphatic rings. The third-order valence-electron chi connectivity index (χ3n) is 4.86. The molecule has 0 radical (unpaired) electrons. The Morgan fingerprint density at radius 2 is 2.07 bits per heavy atom. The maximum Gasteiger partial charge on any atom is 0.191 e. The second kappa shape index (κ2) is 11.5. The molecule has 0 saturated carbocycles. The number of rotatable bonds is 8. The van der Waals surface area contributed by atoms with Crippen molar-refractivity contribution in [3.8, 4) is 0 Å². The van der Waals surface area contributed by atoms with Crippen LogP contribution in [0.2, 0.25) is 0 Å². The van der Waals surface area contributed by atoms with Crippen LogP contribution in [0.3, 0.4) is 0 Å². The molecule has 1 aliphatic heterocycles. The number of likely N-dealkylation sites (tertiary alicyclic amines) is 1. The summed E-state index contributed by atoms with van der Waals surface area (Å²) < 4.78 is 13.3. The first-order valence-corrected chi connectivity index (χ1v) is 9.76. The topological polar surface area (TPSA) is 55.5 Å². The van der Waals surface area contributed by atoms with Gasteiger partial charge in [0.05, 0.1) is 0 Å². The Balaban J connectivity index is 0.00000261. The summed E-state index contributed by atoms with van der Waals surface area (Å²) >= 11 is 0. The van der Waals surface area contributed by atoms with Crippen molar-refractivity contribution in [1.29, 1.82) is 0 Å². The number of hydrogen-bond donors (Lipinski definition) is 3. The molecule has 2 heterocycles. The maximum absolute atomic E-state index is 13.3. The minimum atomic E-state index is -0.209. The molecule has 1 aromatic heterocycles. The van der Waals surface area contributed by atoms with E-state index in [9.17, 15) is 4.39 Å². The lowest BCUT2D eigenvalue weighted by Crippen LogP contribution is -2.38. The number of fused-ring (bicyclic) bond motifs is 1. The van der Waals surface area contributed by atoms with Gasteiger partial charge in [-0.1, -0.05) is 0 Å². The molecular weight excluding hydrogens is 456 g/mol. The molecule has 3 N–H and O–H groups in total. The molecule has 27 heavy (non-hydrogen) atoms. The molecule has 0 spiro atoms. The van der Waals surface area contributed by atoms with E-state index in [1.807, 2.05) is 12.3 Å². The average Bonchev–Trinajstić information content (AvgIpc) is 3.28. The van der Waals surface area contributed by atoms with E-state index in [1.165, 1.54) is 43.6 Å². The number of hydrogen-bond acceptors (Lipinski definition) is 2. The molecule has 5 nitrogen and oxygen atoms in total. The summed E-state index contributed by atoms with van der Waals surface area (Å²) in [6.45, 7) is 8.21. The second-order valence-electron chi connectivity index (χ2n) is 6.84. The number of nitrogens with zero attached hydrogens (tertiary/aromatic N) is 2. The lowest BCUT2D eigenvalue weighted by molar-refractivity contribution is 0.336. The van der Waals surface area contributed by atoms with Gasteiger partial charge in [0.15, 0.2) is 5.96 Å². The van der Waals surface area contributed by atoms with Gasteiger partial charge < -0.3 is 20.5 Å². The van der Waals surface area contributed by atoms with Crippen LogP contribution in [0.4, 0.5) is 4.39 Å². The van der Waals surface area contributed by atoms with Gasteiger partial charge in [-0.3, -0.25) is 4.99 Å². The van der Waals surface area contributed by atoms with E-state index in [0.29, 0.717) is 0 Å². The van der Waals surface area contributed by atoms with E-state index in [-0.39, 0.29) is 29.8 Å². The average molecular weight is 487 g/mol. The van der Waals surface area contributed by atoms with Gasteiger partial charge in [-0.15, -0.1) is 24.0 Å². The first-order chi connectivity index (χ1) is 12.8. The Labute approximate surface area is 178 Å². The van der Waals surface area contributed by atoms with Crippen molar-refractivity contribution >= 4 is 40.8 Å². The highest BCUT2D eigenvalue weighted by Crippen LogP contribution is 2.19. The predicted octanol–water partition coefficient (Wildman–Crippen LogP) is 3.51. The molecule has 0 bridgehead atoms. The molecular formula is C20H31FIN5. The third-order valence-corrected chi connectivity index (χ3v) is 4.86. The Morgan fingerprint density at radius 3 is 2.85 bits per heavy atom. The SMILES string of the molecule is CCNC(=NCCCN1CCCC1)NCCc1c[nH]c2cc(F)ccc12.I. The highest BCUT2D eigenvalue weighted by molar-refractivity contribution is 14.0. The number of aromatic amines is 1. The van der Waals surface area contributed by atoms with E-state index in [2.05, 4.69) is 32.4 Å². The van der Waals surface area contributed by atoms with Crippen LogP contribution in [0.15, 0.2) is 29.4 Å². The van der Waals surface area contributed by atoms with Gasteiger partial charge in [-0.2, -0.15) is 0 Å². The number of aliphatic imine (C=N–C) groups is 1. The van der Waals surface area contributed by atoms with Crippen LogP contribution in [0.25, 0.3) is 10.9 Å². The Hall–Kier alpha value is -1.35. The molecule has 150 valence electrons. The fourth-order valence-electron chi connectivity index (χ4n) is 3.51. The van der Waals surface area contributed by atoms with Crippen LogP contribution in [-0.4, -0.2) is 55.1 Å². The number of nitrogens with one attached hydrogen (secondary N) is 3. The van der Waals surface area contributed by atoms with Crippen molar-refractivity contribution in [2.75, 3.05) is 39.3 Å². The number of H-pyrrole nitrogens is 1. The molecule has 0 unspecified atom stereocenters. The van der Waals surface area contributed by atoms with Gasteiger partial charge in [0.25, 0.3) is 0 Å². The minimum Gasteiger partial charge on any atom is -0.361 e. The van der Waals surface area contributed by atoms with Crippen LogP contribution in [-0.2, 0) is 6.42 Å². The first-order valence-electron chi connectivity index (χ1n) is 9.76. The molecule has 0 atom stereocenters. The zero-order valence-corrected chi connectivity index (χ0v) is 18.4. The van der Waals surface area contributed by atoms with Crippen molar-refractivity contribution in [2.45, 2.75) is 32.6 Å². The summed E-state index contributed by atoms with van der Waals surface area (Å²) in [5, 5.41) is 7.79. The van der Waals surface area contributed by atoms with E-state index < -0.39 is 0 Å². The van der Waals surface area contributed by atoms with Crippen LogP contribution in [0, 0.1) is 5.82 Å². The number of halogens is 2. The standard InChI is InChI=1S/C20H30FN5.HI/c1-2-22-20(23-9-5-13-26-11-3-4-12-26)24-10-8-16-15-25-19-14-17(21)6-7-18(16)19;/h6-7,14-15,25H,2-5,8-13H2,1H3,(H2,22,23,24);1H. The van der Waals surface area contributed by atoms with Gasteiger partial charge in [0.2, 0.25) is 0 Å². The smallest absolute Gasteiger partial charge is 0.191 e. The van der Waals surface area contributed by atoms with Crippen molar-refractivity contribution in [3.05, 3.63) is 35.8 Å². The van der Waals surface area contributed by atoms with Crippen molar-refractivity contribution in [2.24, 2.45) is 4.99 Å². The van der Waals surface area contributed by atoms with E-state index in [1.54, 1.807) is 0 Å². The van der Waals surface area contributed by atoms with Gasteiger partial charge in [0.1, 0.15) is 5.82 Å². The van der Waals surface area contributed by atoms with E-state index >= 15 is 0 Å². The molecule has 1 aromatic carbocycles. The van der Waals surface area contributed by atoms with Crippen molar-refractivity contribution in [3.63, 3.8) is 0 Å². The number of guanidine groups is 1. The Bertz CT molecular complexity index is 724. The quantitative estimate of drug-likeness (QED) is 0.231. The molecule has 0 aliphatic carbocycles. The predicted molar refractivity (Wildman–Crippen MR) is 122 cm³/mol. The monoisotopic (exact) mass is 487 g/mol. The van der Waals surface area contributed by atoms with Crippen molar-refractivity contribution < 1.29 is 4.39 Å². The fourth-order valence-corrected chi connectivity index (χ4v) is 3.51. The van der Waals surface area contributed by atoms with Gasteiger partial charge in [0, 0.05) is 36.7 Å². The largest absolute Gasteiger partial charge is 0.361 e. The minimum absolute atomic E-state index is 0. The normalized spacial score (nSPS) is 15.1. The van der Waals surface area contributed by atoms with Gasteiger partial charge in [-0.05, 0) is 76.0 Å². The Morgan fingerprint density at radius 1 is 1.26 bits per heavy atom. The van der Waals surface area contributed by atoms with E-state index in [4.69, 9.17) is 0 Å². The zero-order valence-electron chi connectivity index (χ0n) is 16.1. The maximum atomic E-state index is 13.3. The van der Waals surface area contributed by atoms with Crippen LogP contribution in [0.1, 0.15) is 31.7 Å². The summed E-state index contributed by atoms with van der Waals surface area (Å²) in [7, 11) is 0. The van der Waals surface area contributed by atoms with Gasteiger partial charge in [-0.25, -0.2) is 4.39 Å². The molecule has 3 rings (SSSR count). The summed E-state index contributed by atoms with van der Waals surface area (Å²) in [4.78, 5) is 10.3. The highest BCUT2D eigenvalue weighted by Gasteiger charge is 2.10. The van der Waals surface area contributed by atoms with Gasteiger partial charge >= 0.3 is 0 Å². The molecule has 0 amide bonds. The zero-order chi connectivity index (χ0) is 18.2. The van der Waals surface area contributed by atoms with E-state index in [0.717, 1.165) is 55.9 Å². The second-order valence-corrected chi connectivity index (χ2v) is 6.84. The van der Waals surface area contributed by atoms with Crippen LogP contribution >= 0.6 is 24.0 Å². The highest BCUT2D eigenvalue weighted by atomic mass is 127. The van der Waals surface area contributed by atoms with Crippen molar-refractivity contribution in [1.82, 2.24) is 20.5 Å². The first kappa shape index (κ1) is 21.9. The summed E-state index contributed by atoms with van der Waals surface area (Å²) in [6, 6.07) is 4.89. The Kier molecular flexibility index (Phi) is 9.33. The summed E-state index contributed by atoms with van der Waals surface area (Å²) in [5.41, 5.74) is 2.04. The molecule has 2 aromatic rings. The van der Waals surface area contributed by atoms with Crippen LogP contribution in [0.5, 0.6) is 0 Å². The summed E-state index contributed by atoms with van der Waals surface area (Å²) in [6.07, 6.45) is 6.61. The summed E-state index contributed by atoms with van der Waals surface area (Å²) in [5.74, 6) is 0.666. The third kappa shape index (κ3) is 6.64. The fraction of sp³-hybridized carbons (Fsp3) is 0.550. The molecule has 7 heteroatoms. The number of aromatic nitrogens is 1. The molecule has 1 fully saturated rings. The lowest BCUT2D eigenvalue weighted by Gasteiger charge is -2.14. The lowest BCUT2D eigenvalue weighted by atomic mass is 10.1. The van der Waals surface area contributed by atoms with Crippen LogP contribution < -0.4 is 10.6 Å².